The highest BCUT2D eigenvalue weighted by molar-refractivity contribution is 6.19. The van der Waals surface area contributed by atoms with E-state index in [1.165, 1.54) is 87.6 Å². The number of nitrogens with zero attached hydrogens (tertiary/aromatic N) is 6. The first kappa shape index (κ1) is 48.6. The van der Waals surface area contributed by atoms with Gasteiger partial charge < -0.3 is 18.3 Å². The normalized spacial score (nSPS) is 12.1. The summed E-state index contributed by atoms with van der Waals surface area (Å²) < 4.78 is 10.5. The number of benzene rings is 9. The van der Waals surface area contributed by atoms with Crippen molar-refractivity contribution in [3.05, 3.63) is 238 Å². The predicted molar refractivity (Wildman–Crippen MR) is 342 cm³/mol. The molecule has 0 aliphatic heterocycles. The molecule has 0 N–H and O–H groups in total. The number of pyridine rings is 2. The van der Waals surface area contributed by atoms with Gasteiger partial charge in [0.1, 0.15) is 0 Å². The molecule has 0 atom stereocenters. The largest absolute Gasteiger partial charge is 0.306 e. The summed E-state index contributed by atoms with van der Waals surface area (Å²) in [5.74, 6) is 0. The molecular formula is C75H62N6. The molecule has 15 rings (SSSR count). The van der Waals surface area contributed by atoms with E-state index >= 15 is 0 Å². The van der Waals surface area contributed by atoms with Crippen molar-refractivity contribution in [1.29, 1.82) is 0 Å². The zero-order valence-electron chi connectivity index (χ0n) is 47.9. The van der Waals surface area contributed by atoms with Crippen molar-refractivity contribution in [2.24, 2.45) is 0 Å². The van der Waals surface area contributed by atoms with E-state index in [1.54, 1.807) is 0 Å². The van der Waals surface area contributed by atoms with Crippen LogP contribution in [0.3, 0.4) is 0 Å². The SMILES string of the molecule is Cc1ccc2c(c1)c1cc(C)ccc1n2-c1c(-c2cc(C)nc(C)c2)c(-n2c3ccc(C)cc3c3cc(C)ccc32)c(-n2c3ccc(C)cc3c3cc(C)ccc32)c(-c2cccc(C)n2)c1-n1c2ccc(C)cc2c2cc(C)ccc21. The van der Waals surface area contributed by atoms with Crippen molar-refractivity contribution in [2.75, 3.05) is 0 Å². The maximum Gasteiger partial charge on any atom is 0.0827 e. The molecule has 9 aromatic carbocycles. The number of hydrogen-bond donors (Lipinski definition) is 0. The highest BCUT2D eigenvalue weighted by Gasteiger charge is 2.36. The third-order valence-electron chi connectivity index (χ3n) is 17.1. The molecule has 6 aromatic heterocycles. The summed E-state index contributed by atoms with van der Waals surface area (Å²) in [4.78, 5) is 10.9. The maximum absolute atomic E-state index is 5.78. The van der Waals surface area contributed by atoms with Crippen molar-refractivity contribution in [1.82, 2.24) is 28.2 Å². The maximum atomic E-state index is 5.78. The Hall–Kier alpha value is -9.52. The minimum Gasteiger partial charge on any atom is -0.306 e. The van der Waals surface area contributed by atoms with Crippen LogP contribution in [0.4, 0.5) is 0 Å². The fraction of sp³-hybridized carbons (Fsp3) is 0.147. The standard InChI is InChI=1S/C75H62N6/c1-41-15-23-62-53(31-41)54-32-42(2)16-24-63(54)78(62)72-70(52-39-50(10)76-51(11)40-52)73(79-64-25-17-43(3)33-55(64)56-34-44(4)18-26-65(56)79)75(81-68-29-21-47(7)37-59(68)60-38-48(8)22-30-69(60)81)71(61-14-12-13-49(9)77-61)74(72)80-66-27-19-45(5)35-57(66)58-36-46(6)20-28-67(58)80/h12-40H,1-11H3. The molecule has 15 aromatic rings. The molecule has 0 saturated carbocycles. The van der Waals surface area contributed by atoms with Gasteiger partial charge in [0.25, 0.3) is 0 Å². The quantitative estimate of drug-likeness (QED) is 0.167. The molecule has 6 nitrogen and oxygen atoms in total. The second kappa shape index (κ2) is 17.7. The van der Waals surface area contributed by atoms with E-state index in [1.807, 2.05) is 0 Å². The summed E-state index contributed by atoms with van der Waals surface area (Å²) in [6.45, 7) is 24.2. The van der Waals surface area contributed by atoms with Crippen molar-refractivity contribution >= 4 is 87.2 Å². The van der Waals surface area contributed by atoms with Crippen LogP contribution >= 0.6 is 0 Å². The van der Waals surface area contributed by atoms with Crippen LogP contribution in [0, 0.1) is 76.2 Å². The Morgan fingerprint density at radius 1 is 0.235 bits per heavy atom. The van der Waals surface area contributed by atoms with Gasteiger partial charge in [0.2, 0.25) is 0 Å². The van der Waals surface area contributed by atoms with E-state index in [2.05, 4.69) is 270 Å². The van der Waals surface area contributed by atoms with E-state index in [-0.39, 0.29) is 0 Å². The Bertz CT molecular complexity index is 4710. The van der Waals surface area contributed by atoms with Gasteiger partial charge in [0.15, 0.2) is 0 Å². The van der Waals surface area contributed by atoms with Gasteiger partial charge >= 0.3 is 0 Å². The Kier molecular flexibility index (Phi) is 10.6. The number of fused-ring (bicyclic) bond motifs is 12. The fourth-order valence-electron chi connectivity index (χ4n) is 13.7. The zero-order valence-corrected chi connectivity index (χ0v) is 47.9. The van der Waals surface area contributed by atoms with E-state index in [9.17, 15) is 0 Å². The predicted octanol–water partition coefficient (Wildman–Crippen LogP) is 19.6. The highest BCUT2D eigenvalue weighted by Crippen LogP contribution is 2.55. The summed E-state index contributed by atoms with van der Waals surface area (Å²) in [6, 6.07) is 67.5. The number of rotatable bonds is 6. The van der Waals surface area contributed by atoms with Gasteiger partial charge in [-0.2, -0.15) is 0 Å². The molecule has 0 spiro atoms. The molecule has 6 heterocycles. The van der Waals surface area contributed by atoms with E-state index in [0.29, 0.717) is 0 Å². The molecular weight excluding hydrogens is 985 g/mol. The monoisotopic (exact) mass is 1050 g/mol. The second-order valence-corrected chi connectivity index (χ2v) is 23.5. The van der Waals surface area contributed by atoms with Crippen LogP contribution in [-0.2, 0) is 0 Å². The van der Waals surface area contributed by atoms with Crippen molar-refractivity contribution in [2.45, 2.75) is 76.2 Å². The summed E-state index contributed by atoms with van der Waals surface area (Å²) in [7, 11) is 0. The van der Waals surface area contributed by atoms with Crippen molar-refractivity contribution in [3.63, 3.8) is 0 Å². The average molecular weight is 1050 g/mol. The molecule has 0 aliphatic carbocycles. The van der Waals surface area contributed by atoms with E-state index in [4.69, 9.17) is 9.97 Å². The lowest BCUT2D eigenvalue weighted by atomic mass is 9.91. The number of aryl methyl sites for hydroxylation is 11. The minimum absolute atomic E-state index is 0.875. The first-order valence-electron chi connectivity index (χ1n) is 28.4. The summed E-state index contributed by atoms with van der Waals surface area (Å²) in [6.07, 6.45) is 0. The molecule has 0 amide bonds. The van der Waals surface area contributed by atoms with Crippen LogP contribution in [0.1, 0.15) is 61.6 Å². The lowest BCUT2D eigenvalue weighted by Crippen LogP contribution is -2.16. The number of aromatic nitrogens is 6. The molecule has 0 fully saturated rings. The lowest BCUT2D eigenvalue weighted by Gasteiger charge is -2.31. The van der Waals surface area contributed by atoms with Crippen LogP contribution in [0.25, 0.3) is 132 Å². The molecule has 0 bridgehead atoms. The fourth-order valence-corrected chi connectivity index (χ4v) is 13.7. The van der Waals surface area contributed by atoms with Gasteiger partial charge in [-0.25, -0.2) is 0 Å². The molecule has 0 unspecified atom stereocenters. The van der Waals surface area contributed by atoms with Gasteiger partial charge in [-0.1, -0.05) is 99.1 Å². The average Bonchev–Trinajstić information content (AvgIpc) is 2.37. The van der Waals surface area contributed by atoms with Gasteiger partial charge in [-0.15, -0.1) is 0 Å². The second-order valence-electron chi connectivity index (χ2n) is 23.5. The molecule has 0 saturated heterocycles. The Balaban J connectivity index is 1.37. The van der Waals surface area contributed by atoms with E-state index in [0.717, 1.165) is 106 Å². The third-order valence-corrected chi connectivity index (χ3v) is 17.1. The van der Waals surface area contributed by atoms with Crippen LogP contribution < -0.4 is 0 Å². The molecule has 0 aliphatic rings. The van der Waals surface area contributed by atoms with Crippen molar-refractivity contribution in [3.8, 4) is 45.1 Å². The topological polar surface area (TPSA) is 45.5 Å². The Labute approximate surface area is 471 Å². The van der Waals surface area contributed by atoms with Crippen molar-refractivity contribution < 1.29 is 0 Å². The van der Waals surface area contributed by atoms with Crippen LogP contribution in [0.15, 0.2) is 176 Å². The smallest absolute Gasteiger partial charge is 0.0827 e. The Morgan fingerprint density at radius 2 is 0.481 bits per heavy atom. The van der Waals surface area contributed by atoms with Gasteiger partial charge in [0.05, 0.1) is 78.1 Å². The molecule has 392 valence electrons. The van der Waals surface area contributed by atoms with Gasteiger partial charge in [-0.3, -0.25) is 9.97 Å². The zero-order chi connectivity index (χ0) is 55.4. The summed E-state index contributed by atoms with van der Waals surface area (Å²) >= 11 is 0. The third kappa shape index (κ3) is 7.32. The first-order chi connectivity index (χ1) is 39.2. The highest BCUT2D eigenvalue weighted by atomic mass is 15.1. The van der Waals surface area contributed by atoms with E-state index < -0.39 is 0 Å². The summed E-state index contributed by atoms with van der Waals surface area (Å²) in [5.41, 5.74) is 29.7. The Morgan fingerprint density at radius 3 is 0.728 bits per heavy atom. The van der Waals surface area contributed by atoms with Crippen LogP contribution in [0.2, 0.25) is 0 Å². The number of hydrogen-bond acceptors (Lipinski definition) is 2. The van der Waals surface area contributed by atoms with Crippen LogP contribution in [0.5, 0.6) is 0 Å². The lowest BCUT2D eigenvalue weighted by molar-refractivity contribution is 1.04. The molecule has 81 heavy (non-hydrogen) atoms. The summed E-state index contributed by atoms with van der Waals surface area (Å²) in [5, 5.41) is 9.64. The minimum atomic E-state index is 0.875. The van der Waals surface area contributed by atoms with Crippen LogP contribution in [-0.4, -0.2) is 28.2 Å². The van der Waals surface area contributed by atoms with Gasteiger partial charge in [0, 0.05) is 65.7 Å². The first-order valence-corrected chi connectivity index (χ1v) is 28.4. The molecule has 6 heteroatoms. The molecule has 0 radical (unpaired) electrons. The van der Waals surface area contributed by atoms with Gasteiger partial charge in [-0.05, 0) is 203 Å².